The molecule has 0 heterocycles. The number of benzene rings is 1. The first-order valence-corrected chi connectivity index (χ1v) is 6.18. The third kappa shape index (κ3) is 2.48. The van der Waals surface area contributed by atoms with Gasteiger partial charge in [-0.15, -0.1) is 0 Å². The maximum Gasteiger partial charge on any atom is 0.308 e. The zero-order chi connectivity index (χ0) is 13.1. The quantitative estimate of drug-likeness (QED) is 0.867. The number of para-hydroxylation sites is 1. The summed E-state index contributed by atoms with van der Waals surface area (Å²) >= 11 is 0. The van der Waals surface area contributed by atoms with Gasteiger partial charge in [0.25, 0.3) is 0 Å². The molecule has 1 aromatic carbocycles. The van der Waals surface area contributed by atoms with E-state index >= 15 is 0 Å². The molecule has 98 valence electrons. The van der Waals surface area contributed by atoms with Crippen LogP contribution in [0.4, 0.5) is 0 Å². The number of hydrogen-bond acceptors (Lipinski definition) is 3. The third-order valence-corrected chi connectivity index (χ3v) is 3.73. The number of ether oxygens (including phenoxy) is 1. The fourth-order valence-electron chi connectivity index (χ4n) is 2.52. The molecule has 1 saturated carbocycles. The predicted molar refractivity (Wildman–Crippen MR) is 68.6 cm³/mol. The highest BCUT2D eigenvalue weighted by Crippen LogP contribution is 2.33. The van der Waals surface area contributed by atoms with Crippen LogP contribution in [-0.2, 0) is 11.3 Å². The molecule has 4 nitrogen and oxygen atoms in total. The van der Waals surface area contributed by atoms with Crippen LogP contribution < -0.4 is 4.74 Å². The van der Waals surface area contributed by atoms with Crippen LogP contribution >= 0.6 is 0 Å². The van der Waals surface area contributed by atoms with Crippen molar-refractivity contribution in [3.8, 4) is 5.75 Å². The summed E-state index contributed by atoms with van der Waals surface area (Å²) in [5.74, 6) is -0.0432. The van der Waals surface area contributed by atoms with Gasteiger partial charge in [0.05, 0.1) is 13.0 Å². The molecule has 0 bridgehead atoms. The topological polar surface area (TPSA) is 49.8 Å². The van der Waals surface area contributed by atoms with Crippen LogP contribution in [0.5, 0.6) is 5.75 Å². The highest BCUT2D eigenvalue weighted by atomic mass is 16.5. The molecule has 0 aliphatic heterocycles. The van der Waals surface area contributed by atoms with E-state index in [4.69, 9.17) is 9.84 Å². The second-order valence-corrected chi connectivity index (χ2v) is 4.82. The summed E-state index contributed by atoms with van der Waals surface area (Å²) in [6, 6.07) is 8.00. The van der Waals surface area contributed by atoms with Crippen LogP contribution in [0.15, 0.2) is 24.3 Å². The molecule has 1 fully saturated rings. The van der Waals surface area contributed by atoms with Gasteiger partial charge in [-0.25, -0.2) is 0 Å². The van der Waals surface area contributed by atoms with Crippen LogP contribution in [0.25, 0.3) is 0 Å². The molecule has 2 atom stereocenters. The Kier molecular flexibility index (Phi) is 3.87. The van der Waals surface area contributed by atoms with Crippen LogP contribution in [-0.4, -0.2) is 36.2 Å². The molecule has 1 aliphatic rings. The summed E-state index contributed by atoms with van der Waals surface area (Å²) in [6.07, 6.45) is 1.75. The van der Waals surface area contributed by atoms with Crippen molar-refractivity contribution in [1.82, 2.24) is 4.90 Å². The second-order valence-electron chi connectivity index (χ2n) is 4.82. The van der Waals surface area contributed by atoms with Gasteiger partial charge in [0, 0.05) is 18.2 Å². The number of carboxylic acid groups (broad SMARTS) is 1. The first kappa shape index (κ1) is 12.9. The smallest absolute Gasteiger partial charge is 0.308 e. The molecule has 0 spiro atoms. The third-order valence-electron chi connectivity index (χ3n) is 3.73. The van der Waals surface area contributed by atoms with Crippen LogP contribution in [0.2, 0.25) is 0 Å². The number of methoxy groups -OCH3 is 1. The Hall–Kier alpha value is -1.55. The molecule has 0 amide bonds. The molecule has 1 N–H and O–H groups in total. The fraction of sp³-hybridized carbons (Fsp3) is 0.500. The van der Waals surface area contributed by atoms with Crippen LogP contribution in [0, 0.1) is 5.92 Å². The van der Waals surface area contributed by atoms with E-state index in [-0.39, 0.29) is 12.0 Å². The minimum absolute atomic E-state index is 0.146. The minimum atomic E-state index is -0.682. The molecular formula is C14H19NO3. The summed E-state index contributed by atoms with van der Waals surface area (Å²) in [7, 11) is 3.63. The SMILES string of the molecule is COc1ccccc1CN(C)C1CCC1C(=O)O. The number of carbonyl (C=O) groups is 1. The monoisotopic (exact) mass is 249 g/mol. The van der Waals surface area contributed by atoms with E-state index in [1.165, 1.54) is 0 Å². The standard InChI is InChI=1S/C14H19NO3/c1-15(12-8-7-11(12)14(16)17)9-10-5-3-4-6-13(10)18-2/h3-6,11-12H,7-9H2,1-2H3,(H,16,17). The maximum absolute atomic E-state index is 11.0. The van der Waals surface area contributed by atoms with E-state index in [2.05, 4.69) is 4.90 Å². The Morgan fingerprint density at radius 3 is 2.72 bits per heavy atom. The summed E-state index contributed by atoms with van der Waals surface area (Å²) in [5, 5.41) is 9.07. The molecule has 4 heteroatoms. The van der Waals surface area contributed by atoms with E-state index in [0.717, 1.165) is 30.7 Å². The summed E-state index contributed by atoms with van der Waals surface area (Å²) in [5.41, 5.74) is 1.10. The zero-order valence-corrected chi connectivity index (χ0v) is 10.8. The summed E-state index contributed by atoms with van der Waals surface area (Å²) in [4.78, 5) is 13.1. The van der Waals surface area contributed by atoms with Crippen molar-refractivity contribution in [3.63, 3.8) is 0 Å². The van der Waals surface area contributed by atoms with E-state index in [1.54, 1.807) is 7.11 Å². The Morgan fingerprint density at radius 1 is 1.44 bits per heavy atom. The predicted octanol–water partition coefficient (Wildman–Crippen LogP) is 1.99. The van der Waals surface area contributed by atoms with Gasteiger partial charge in [-0.05, 0) is 26.0 Å². The van der Waals surface area contributed by atoms with Gasteiger partial charge >= 0.3 is 5.97 Å². The van der Waals surface area contributed by atoms with Gasteiger partial charge in [0.1, 0.15) is 5.75 Å². The second kappa shape index (κ2) is 5.40. The Morgan fingerprint density at radius 2 is 2.17 bits per heavy atom. The molecule has 1 aromatic rings. The van der Waals surface area contributed by atoms with Crippen molar-refractivity contribution >= 4 is 5.97 Å². The lowest BCUT2D eigenvalue weighted by Gasteiger charge is -2.40. The highest BCUT2D eigenvalue weighted by molar-refractivity contribution is 5.72. The summed E-state index contributed by atoms with van der Waals surface area (Å²) < 4.78 is 5.31. The Balaban J connectivity index is 2.03. The van der Waals surface area contributed by atoms with Crippen LogP contribution in [0.1, 0.15) is 18.4 Å². The fourth-order valence-corrected chi connectivity index (χ4v) is 2.52. The van der Waals surface area contributed by atoms with Crippen molar-refractivity contribution in [3.05, 3.63) is 29.8 Å². The first-order valence-electron chi connectivity index (χ1n) is 6.18. The van der Waals surface area contributed by atoms with E-state index in [9.17, 15) is 4.79 Å². The number of nitrogens with zero attached hydrogens (tertiary/aromatic N) is 1. The molecule has 0 saturated heterocycles. The number of carboxylic acids is 1. The first-order chi connectivity index (χ1) is 8.63. The zero-order valence-electron chi connectivity index (χ0n) is 10.8. The number of hydrogen-bond donors (Lipinski definition) is 1. The highest BCUT2D eigenvalue weighted by Gasteiger charge is 2.39. The lowest BCUT2D eigenvalue weighted by atomic mass is 9.78. The van der Waals surface area contributed by atoms with Crippen molar-refractivity contribution < 1.29 is 14.6 Å². The van der Waals surface area contributed by atoms with Crippen molar-refractivity contribution in [2.24, 2.45) is 5.92 Å². The van der Waals surface area contributed by atoms with E-state index in [0.29, 0.717) is 0 Å². The van der Waals surface area contributed by atoms with E-state index in [1.807, 2.05) is 31.3 Å². The van der Waals surface area contributed by atoms with Gasteiger partial charge < -0.3 is 9.84 Å². The van der Waals surface area contributed by atoms with Gasteiger partial charge in [-0.2, -0.15) is 0 Å². The normalized spacial score (nSPS) is 22.6. The van der Waals surface area contributed by atoms with E-state index < -0.39 is 5.97 Å². The van der Waals surface area contributed by atoms with Gasteiger partial charge in [-0.1, -0.05) is 18.2 Å². The van der Waals surface area contributed by atoms with Crippen molar-refractivity contribution in [2.75, 3.05) is 14.2 Å². The summed E-state index contributed by atoms with van der Waals surface area (Å²) in [6.45, 7) is 0.721. The molecule has 2 rings (SSSR count). The Bertz CT molecular complexity index is 433. The van der Waals surface area contributed by atoms with Crippen LogP contribution in [0.3, 0.4) is 0 Å². The molecule has 0 aromatic heterocycles. The maximum atomic E-state index is 11.0. The lowest BCUT2D eigenvalue weighted by molar-refractivity contribution is -0.148. The van der Waals surface area contributed by atoms with Crippen molar-refractivity contribution in [1.29, 1.82) is 0 Å². The molecule has 2 unspecified atom stereocenters. The molecule has 1 aliphatic carbocycles. The van der Waals surface area contributed by atoms with Gasteiger partial charge in [0.2, 0.25) is 0 Å². The number of aliphatic carboxylic acids is 1. The molecule has 18 heavy (non-hydrogen) atoms. The van der Waals surface area contributed by atoms with Crippen molar-refractivity contribution in [2.45, 2.75) is 25.4 Å². The Labute approximate surface area is 107 Å². The molecular weight excluding hydrogens is 230 g/mol. The number of rotatable bonds is 5. The average Bonchev–Trinajstić information content (AvgIpc) is 2.27. The van der Waals surface area contributed by atoms with Gasteiger partial charge in [0.15, 0.2) is 0 Å². The minimum Gasteiger partial charge on any atom is -0.496 e. The van der Waals surface area contributed by atoms with Gasteiger partial charge in [-0.3, -0.25) is 9.69 Å². The largest absolute Gasteiger partial charge is 0.496 e. The average molecular weight is 249 g/mol. The molecule has 0 radical (unpaired) electrons. The lowest BCUT2D eigenvalue weighted by Crippen LogP contribution is -2.48.